The molecule has 0 unspecified atom stereocenters. The van der Waals surface area contributed by atoms with Gasteiger partial charge < -0.3 is 9.40 Å². The first-order valence-electron chi connectivity index (χ1n) is 23.0. The second-order valence-electron chi connectivity index (χ2n) is 17.4. The minimum atomic E-state index is 0. The monoisotopic (exact) mass is 1070 g/mol. The molecule has 0 aliphatic heterocycles. The van der Waals surface area contributed by atoms with E-state index in [2.05, 4.69) is 184 Å². The Labute approximate surface area is 415 Å². The van der Waals surface area contributed by atoms with E-state index in [-0.39, 0.29) is 20.1 Å². The zero-order chi connectivity index (χ0) is 45.4. The van der Waals surface area contributed by atoms with Gasteiger partial charge in [0, 0.05) is 70.2 Å². The minimum Gasteiger partial charge on any atom is -0.456 e. The molecule has 0 atom stereocenters. The molecule has 0 spiro atoms. The molecule has 1 radical (unpaired) electrons. The molecule has 14 aromatic rings. The van der Waals surface area contributed by atoms with Gasteiger partial charge in [0.05, 0.1) is 22.1 Å². The summed E-state index contributed by atoms with van der Waals surface area (Å²) in [4.78, 5) is 20.8. The van der Waals surface area contributed by atoms with Crippen LogP contribution in [-0.2, 0) is 20.1 Å². The summed E-state index contributed by atoms with van der Waals surface area (Å²) in [5.41, 5.74) is 14.9. The van der Waals surface area contributed by atoms with Crippen LogP contribution in [0, 0.1) is 6.07 Å². The second-order valence-corrected chi connectivity index (χ2v) is 17.4. The molecule has 0 saturated heterocycles. The molecule has 14 rings (SSSR count). The van der Waals surface area contributed by atoms with E-state index in [9.17, 15) is 0 Å². The van der Waals surface area contributed by atoms with E-state index < -0.39 is 0 Å². The molecule has 0 saturated carbocycles. The van der Waals surface area contributed by atoms with Gasteiger partial charge in [0.1, 0.15) is 11.2 Å². The molecule has 9 aromatic carbocycles. The summed E-state index contributed by atoms with van der Waals surface area (Å²) < 4.78 is 10.9. The fourth-order valence-electron chi connectivity index (χ4n) is 10.1. The van der Waals surface area contributed by atoms with E-state index in [1.165, 1.54) is 0 Å². The van der Waals surface area contributed by atoms with Crippen molar-refractivity contribution in [3.8, 4) is 67.9 Å². The van der Waals surface area contributed by atoms with Gasteiger partial charge in [-0.15, -0.1) is 35.4 Å². The standard InChI is InChI=1S/C62H37N6O.Ir/c1-4-15-39(16-5-1)43-26-29-54-48(34-43)49-35-44(40-17-6-2-7-18-40)27-30-55(49)67(54)61-64-60(41-19-8-3-9-20-41)65-62(66-61)68-56-31-28-45(42-21-14-22-46(33-42)53-24-12-13-32-63-53)36-50(56)51-37-52-47-23-10-11-25-58(47)69-59(52)38-57(51)68;/h1-21,23-38H;/q-1;. The van der Waals surface area contributed by atoms with Crippen LogP contribution in [0.2, 0.25) is 0 Å². The van der Waals surface area contributed by atoms with Crippen molar-refractivity contribution in [2.45, 2.75) is 0 Å². The Balaban J connectivity index is 0.00000480. The smallest absolute Gasteiger partial charge is 0.240 e. The van der Waals surface area contributed by atoms with Gasteiger partial charge in [-0.25, -0.2) is 0 Å². The summed E-state index contributed by atoms with van der Waals surface area (Å²) in [6, 6.07) is 79.5. The molecule has 0 amide bonds. The first-order chi connectivity index (χ1) is 34.2. The Morgan fingerprint density at radius 3 is 1.47 bits per heavy atom. The van der Waals surface area contributed by atoms with Crippen LogP contribution in [0.4, 0.5) is 0 Å². The third-order valence-electron chi connectivity index (χ3n) is 13.4. The van der Waals surface area contributed by atoms with E-state index in [1.807, 2.05) is 60.8 Å². The number of nitrogens with zero attached hydrogens (tertiary/aromatic N) is 6. The molecule has 331 valence electrons. The summed E-state index contributed by atoms with van der Waals surface area (Å²) in [5.74, 6) is 1.56. The Hall–Kier alpha value is -8.81. The number of rotatable bonds is 7. The topological polar surface area (TPSA) is 74.6 Å². The van der Waals surface area contributed by atoms with Gasteiger partial charge in [-0.1, -0.05) is 140 Å². The molecule has 7 nitrogen and oxygen atoms in total. The van der Waals surface area contributed by atoms with Crippen LogP contribution < -0.4 is 0 Å². The molecule has 0 fully saturated rings. The van der Waals surface area contributed by atoms with Crippen LogP contribution in [0.3, 0.4) is 0 Å². The van der Waals surface area contributed by atoms with Crippen LogP contribution >= 0.6 is 0 Å². The van der Waals surface area contributed by atoms with E-state index in [0.29, 0.717) is 17.7 Å². The number of aromatic nitrogens is 6. The van der Waals surface area contributed by atoms with Crippen molar-refractivity contribution in [1.29, 1.82) is 0 Å². The molecule has 5 heterocycles. The normalized spacial score (nSPS) is 11.6. The zero-order valence-electron chi connectivity index (χ0n) is 37.3. The number of hydrogen-bond donors (Lipinski definition) is 0. The molecule has 70 heavy (non-hydrogen) atoms. The van der Waals surface area contributed by atoms with Gasteiger partial charge in [-0.2, -0.15) is 15.0 Å². The summed E-state index contributed by atoms with van der Waals surface area (Å²) >= 11 is 0. The Morgan fingerprint density at radius 1 is 0.357 bits per heavy atom. The molecular formula is C62H37IrN6O-. The number of para-hydroxylation sites is 1. The summed E-state index contributed by atoms with van der Waals surface area (Å²) in [6.07, 6.45) is 1.82. The zero-order valence-corrected chi connectivity index (χ0v) is 39.7. The number of fused-ring (bicyclic) bond motifs is 9. The molecule has 0 aliphatic carbocycles. The first kappa shape index (κ1) is 41.4. The molecule has 8 heteroatoms. The summed E-state index contributed by atoms with van der Waals surface area (Å²) in [7, 11) is 0. The van der Waals surface area contributed by atoms with Crippen LogP contribution in [0.5, 0.6) is 0 Å². The van der Waals surface area contributed by atoms with Crippen LogP contribution in [0.1, 0.15) is 0 Å². The Morgan fingerprint density at radius 2 is 0.871 bits per heavy atom. The summed E-state index contributed by atoms with van der Waals surface area (Å²) in [5, 5.41) is 6.44. The molecular weight excluding hydrogens is 1040 g/mol. The number of hydrogen-bond acceptors (Lipinski definition) is 5. The minimum absolute atomic E-state index is 0. The number of furan rings is 1. The maximum atomic E-state index is 6.57. The Bertz CT molecular complexity index is 4200. The Kier molecular flexibility index (Phi) is 9.90. The fraction of sp³-hybridized carbons (Fsp3) is 0. The van der Waals surface area contributed by atoms with Crippen molar-refractivity contribution in [3.05, 3.63) is 231 Å². The van der Waals surface area contributed by atoms with Crippen molar-refractivity contribution in [1.82, 2.24) is 29.1 Å². The quantitative estimate of drug-likeness (QED) is 0.149. The third-order valence-corrected chi connectivity index (χ3v) is 13.4. The van der Waals surface area contributed by atoms with Crippen molar-refractivity contribution >= 4 is 65.6 Å². The van der Waals surface area contributed by atoms with Gasteiger partial charge in [0.25, 0.3) is 0 Å². The van der Waals surface area contributed by atoms with Crippen LogP contribution in [0.15, 0.2) is 229 Å². The molecule has 5 aromatic heterocycles. The predicted octanol–water partition coefficient (Wildman–Crippen LogP) is 15.5. The first-order valence-corrected chi connectivity index (χ1v) is 23.0. The maximum Gasteiger partial charge on any atom is 0.240 e. The summed E-state index contributed by atoms with van der Waals surface area (Å²) in [6.45, 7) is 0. The van der Waals surface area contributed by atoms with Gasteiger partial charge in [-0.05, 0) is 88.1 Å². The van der Waals surface area contributed by atoms with E-state index in [1.54, 1.807) is 0 Å². The van der Waals surface area contributed by atoms with Gasteiger partial charge in [-0.3, -0.25) is 9.13 Å². The van der Waals surface area contributed by atoms with Crippen molar-refractivity contribution in [2.75, 3.05) is 0 Å². The fourth-order valence-corrected chi connectivity index (χ4v) is 10.1. The maximum absolute atomic E-state index is 6.57. The van der Waals surface area contributed by atoms with E-state index in [0.717, 1.165) is 116 Å². The van der Waals surface area contributed by atoms with Crippen LogP contribution in [-0.4, -0.2) is 29.1 Å². The van der Waals surface area contributed by atoms with Gasteiger partial charge in [0.2, 0.25) is 11.9 Å². The van der Waals surface area contributed by atoms with Gasteiger partial charge >= 0.3 is 0 Å². The molecule has 0 N–H and O–H groups in total. The molecule has 0 aliphatic rings. The van der Waals surface area contributed by atoms with Crippen molar-refractivity contribution < 1.29 is 24.5 Å². The number of benzene rings is 9. The average Bonchev–Trinajstić information content (AvgIpc) is 4.07. The van der Waals surface area contributed by atoms with E-state index in [4.69, 9.17) is 19.4 Å². The van der Waals surface area contributed by atoms with Gasteiger partial charge in [0.15, 0.2) is 5.82 Å². The predicted molar refractivity (Wildman–Crippen MR) is 280 cm³/mol. The van der Waals surface area contributed by atoms with Crippen LogP contribution in [0.25, 0.3) is 133 Å². The molecule has 0 bridgehead atoms. The van der Waals surface area contributed by atoms with Crippen molar-refractivity contribution in [2.24, 2.45) is 0 Å². The largest absolute Gasteiger partial charge is 0.456 e. The third kappa shape index (κ3) is 6.84. The second kappa shape index (κ2) is 16.8. The average molecular weight is 1070 g/mol. The van der Waals surface area contributed by atoms with E-state index >= 15 is 0 Å². The SMILES string of the molecule is [Ir].[c-]1ccc(-c2ccc3c(c2)c2cc4c(cc2n3-c2nc(-c3ccccc3)nc(-n3c5ccc(-c6ccccc6)cc5c5cc(-c6ccccc6)ccc53)n2)oc2ccccc24)cc1-c1ccccn1. The number of pyridine rings is 1. The van der Waals surface area contributed by atoms with Crippen molar-refractivity contribution in [3.63, 3.8) is 0 Å².